The van der Waals surface area contributed by atoms with E-state index in [0.717, 1.165) is 21.9 Å². The second kappa shape index (κ2) is 8.10. The van der Waals surface area contributed by atoms with Crippen molar-refractivity contribution in [3.63, 3.8) is 0 Å². The highest BCUT2D eigenvalue weighted by atomic mass is 32.2. The molecular formula is C22H24N2O4S. The fourth-order valence-corrected chi connectivity index (χ4v) is 4.28. The van der Waals surface area contributed by atoms with E-state index in [9.17, 15) is 8.42 Å². The van der Waals surface area contributed by atoms with Gasteiger partial charge in [-0.2, -0.15) is 0 Å². The van der Waals surface area contributed by atoms with E-state index in [4.69, 9.17) is 9.47 Å². The Kier molecular flexibility index (Phi) is 5.54. The summed E-state index contributed by atoms with van der Waals surface area (Å²) in [5.74, 6) is 0.680. The Labute approximate surface area is 170 Å². The maximum Gasteiger partial charge on any atom is 0.214 e. The minimum atomic E-state index is -3.39. The summed E-state index contributed by atoms with van der Waals surface area (Å²) < 4.78 is 38.5. The number of fused-ring (bicyclic) bond motifs is 1. The Hall–Kier alpha value is -2.48. The van der Waals surface area contributed by atoms with E-state index in [1.807, 2.05) is 48.7 Å². The fraction of sp³-hybridized carbons (Fsp3) is 0.318. The molecule has 0 bridgehead atoms. The Morgan fingerprint density at radius 2 is 1.90 bits per heavy atom. The van der Waals surface area contributed by atoms with E-state index >= 15 is 0 Å². The van der Waals surface area contributed by atoms with E-state index in [1.165, 1.54) is 0 Å². The molecule has 1 aliphatic heterocycles. The molecular weight excluding hydrogens is 388 g/mol. The van der Waals surface area contributed by atoms with Gasteiger partial charge in [-0.1, -0.05) is 30.3 Å². The van der Waals surface area contributed by atoms with Crippen molar-refractivity contribution in [3.8, 4) is 16.9 Å². The number of pyridine rings is 1. The second-order valence-corrected chi connectivity index (χ2v) is 9.71. The van der Waals surface area contributed by atoms with Crippen molar-refractivity contribution < 1.29 is 17.9 Å². The largest absolute Gasteiger partial charge is 0.486 e. The van der Waals surface area contributed by atoms with Crippen LogP contribution in [0.1, 0.15) is 13.8 Å². The molecule has 1 aliphatic rings. The first-order valence-electron chi connectivity index (χ1n) is 9.63. The molecule has 0 unspecified atom stereocenters. The van der Waals surface area contributed by atoms with Crippen molar-refractivity contribution in [2.45, 2.75) is 31.2 Å². The normalized spacial score (nSPS) is 19.7. The molecule has 1 aromatic heterocycles. The van der Waals surface area contributed by atoms with Gasteiger partial charge in [0.25, 0.3) is 0 Å². The van der Waals surface area contributed by atoms with Crippen molar-refractivity contribution in [1.29, 1.82) is 0 Å². The second-order valence-electron chi connectivity index (χ2n) is 7.44. The number of hydrogen-bond acceptors (Lipinski definition) is 5. The highest BCUT2D eigenvalue weighted by molar-refractivity contribution is 7.90. The molecule has 2 heterocycles. The van der Waals surface area contributed by atoms with Crippen LogP contribution in [-0.4, -0.2) is 44.0 Å². The lowest BCUT2D eigenvalue weighted by Gasteiger charge is -2.21. The Bertz CT molecular complexity index is 1090. The lowest BCUT2D eigenvalue weighted by atomic mass is 9.99. The molecule has 0 spiro atoms. The summed E-state index contributed by atoms with van der Waals surface area (Å²) >= 11 is 0. The van der Waals surface area contributed by atoms with Gasteiger partial charge >= 0.3 is 0 Å². The molecule has 29 heavy (non-hydrogen) atoms. The first-order valence-corrected chi connectivity index (χ1v) is 11.2. The zero-order valence-corrected chi connectivity index (χ0v) is 17.2. The number of rotatable bonds is 6. The monoisotopic (exact) mass is 412 g/mol. The topological polar surface area (TPSA) is 77.5 Å². The summed E-state index contributed by atoms with van der Waals surface area (Å²) in [5, 5.41) is 1.73. The molecule has 1 saturated heterocycles. The molecule has 3 aromatic rings. The number of hydrogen-bond donors (Lipinski definition) is 1. The molecule has 6 nitrogen and oxygen atoms in total. The maximum atomic E-state index is 12.2. The summed E-state index contributed by atoms with van der Waals surface area (Å²) in [7, 11) is -3.39. The van der Waals surface area contributed by atoms with E-state index in [1.54, 1.807) is 20.0 Å². The van der Waals surface area contributed by atoms with E-state index in [0.29, 0.717) is 19.0 Å². The highest BCUT2D eigenvalue weighted by Crippen LogP contribution is 2.30. The van der Waals surface area contributed by atoms with Gasteiger partial charge < -0.3 is 9.47 Å². The van der Waals surface area contributed by atoms with Crippen molar-refractivity contribution in [1.82, 2.24) is 9.71 Å². The van der Waals surface area contributed by atoms with Gasteiger partial charge in [0.1, 0.15) is 11.9 Å². The van der Waals surface area contributed by atoms with Crippen LogP contribution in [0, 0.1) is 0 Å². The molecule has 2 aromatic carbocycles. The Morgan fingerprint density at radius 3 is 2.66 bits per heavy atom. The van der Waals surface area contributed by atoms with Crippen LogP contribution < -0.4 is 9.46 Å². The number of nitrogens with one attached hydrogen (secondary N) is 1. The number of sulfonamides is 1. The van der Waals surface area contributed by atoms with E-state index in [2.05, 4.69) is 15.8 Å². The third-order valence-corrected chi connectivity index (χ3v) is 6.97. The van der Waals surface area contributed by atoms with Crippen LogP contribution in [-0.2, 0) is 14.8 Å². The smallest absolute Gasteiger partial charge is 0.214 e. The number of benzene rings is 2. The van der Waals surface area contributed by atoms with Crippen molar-refractivity contribution in [3.05, 3.63) is 60.9 Å². The standard InChI is InChI=1S/C22H24N2O4S/c1-15(2)29(25,26)24-21-13-27-14-22(21)28-18-8-6-16(7-9-18)19-5-3-4-17-12-23-11-10-20(17)19/h3-12,15,21-22,24H,13-14H2,1-2H3/t21-,22+/m0/s1. The molecule has 1 N–H and O–H groups in total. The average Bonchev–Trinajstić information content (AvgIpc) is 3.14. The minimum absolute atomic E-state index is 0.304. The van der Waals surface area contributed by atoms with Gasteiger partial charge in [0, 0.05) is 17.8 Å². The minimum Gasteiger partial charge on any atom is -0.486 e. The van der Waals surface area contributed by atoms with Gasteiger partial charge in [-0.15, -0.1) is 0 Å². The maximum absolute atomic E-state index is 12.2. The van der Waals surface area contributed by atoms with E-state index < -0.39 is 21.3 Å². The lowest BCUT2D eigenvalue weighted by molar-refractivity contribution is 0.140. The van der Waals surface area contributed by atoms with Gasteiger partial charge in [0.15, 0.2) is 0 Å². The molecule has 152 valence electrons. The quantitative estimate of drug-likeness (QED) is 0.672. The van der Waals surface area contributed by atoms with Gasteiger partial charge in [-0.05, 0) is 48.6 Å². The summed E-state index contributed by atoms with van der Waals surface area (Å²) in [4.78, 5) is 4.18. The predicted octanol–water partition coefficient (Wildman–Crippen LogP) is 3.38. The molecule has 0 saturated carbocycles. The fourth-order valence-electron chi connectivity index (χ4n) is 3.37. The SMILES string of the molecule is CC(C)S(=O)(=O)N[C@H]1COC[C@H]1Oc1ccc(-c2cccc3cnccc23)cc1. The third kappa shape index (κ3) is 4.27. The van der Waals surface area contributed by atoms with Crippen LogP contribution in [0.5, 0.6) is 5.75 Å². The third-order valence-electron chi connectivity index (χ3n) is 5.10. The van der Waals surface area contributed by atoms with Crippen LogP contribution in [0.15, 0.2) is 60.9 Å². The zero-order valence-electron chi connectivity index (χ0n) is 16.4. The zero-order chi connectivity index (χ0) is 20.4. The molecule has 7 heteroatoms. The van der Waals surface area contributed by atoms with Crippen LogP contribution in [0.2, 0.25) is 0 Å². The summed E-state index contributed by atoms with van der Waals surface area (Å²) in [6.07, 6.45) is 3.29. The molecule has 1 fully saturated rings. The summed E-state index contributed by atoms with van der Waals surface area (Å²) in [6.45, 7) is 3.95. The predicted molar refractivity (Wildman–Crippen MR) is 113 cm³/mol. The van der Waals surface area contributed by atoms with Crippen LogP contribution in [0.4, 0.5) is 0 Å². The van der Waals surface area contributed by atoms with Crippen molar-refractivity contribution in [2.24, 2.45) is 0 Å². The van der Waals surface area contributed by atoms with E-state index in [-0.39, 0.29) is 6.10 Å². The van der Waals surface area contributed by atoms with Crippen molar-refractivity contribution in [2.75, 3.05) is 13.2 Å². The summed E-state index contributed by atoms with van der Waals surface area (Å²) in [5.41, 5.74) is 2.21. The highest BCUT2D eigenvalue weighted by Gasteiger charge is 2.34. The Balaban J connectivity index is 1.51. The van der Waals surface area contributed by atoms with Gasteiger partial charge in [-0.25, -0.2) is 13.1 Å². The number of ether oxygens (including phenoxy) is 2. The summed E-state index contributed by atoms with van der Waals surface area (Å²) in [6, 6.07) is 15.6. The van der Waals surface area contributed by atoms with Crippen LogP contribution in [0.3, 0.4) is 0 Å². The molecule has 2 atom stereocenters. The van der Waals surface area contributed by atoms with Gasteiger partial charge in [0.05, 0.1) is 24.5 Å². The lowest BCUT2D eigenvalue weighted by Crippen LogP contribution is -2.47. The van der Waals surface area contributed by atoms with Crippen LogP contribution >= 0.6 is 0 Å². The first kappa shape index (κ1) is 19.8. The Morgan fingerprint density at radius 1 is 1.10 bits per heavy atom. The van der Waals surface area contributed by atoms with Gasteiger partial charge in [-0.3, -0.25) is 4.98 Å². The number of nitrogens with zero attached hydrogens (tertiary/aromatic N) is 1. The molecule has 0 radical (unpaired) electrons. The molecule has 0 amide bonds. The van der Waals surface area contributed by atoms with Gasteiger partial charge in [0.2, 0.25) is 10.0 Å². The van der Waals surface area contributed by atoms with Crippen LogP contribution in [0.25, 0.3) is 21.9 Å². The molecule has 0 aliphatic carbocycles. The number of aromatic nitrogens is 1. The average molecular weight is 413 g/mol. The molecule has 4 rings (SSSR count). The van der Waals surface area contributed by atoms with Crippen molar-refractivity contribution >= 4 is 20.8 Å². The first-order chi connectivity index (χ1) is 13.9.